The molecule has 1 fully saturated rings. The van der Waals surface area contributed by atoms with E-state index in [-0.39, 0.29) is 44.4 Å². The monoisotopic (exact) mass is 417 g/mol. The molecule has 0 radical (unpaired) electrons. The molecule has 1 saturated heterocycles. The number of guanidine groups is 1. The number of aliphatic imine (C=N–C) groups is 1. The first-order chi connectivity index (χ1) is 12.5. The average Bonchev–Trinajstić information content (AvgIpc) is 2.58. The summed E-state index contributed by atoms with van der Waals surface area (Å²) in [5, 5.41) is 5.99. The Kier molecular flexibility index (Phi) is 8.75. The fourth-order valence-corrected chi connectivity index (χ4v) is 3.28. The van der Waals surface area contributed by atoms with Gasteiger partial charge in [-0.25, -0.2) is 13.4 Å². The lowest BCUT2D eigenvalue weighted by atomic mass is 10.1. The third kappa shape index (κ3) is 7.14. The van der Waals surface area contributed by atoms with E-state index in [4.69, 9.17) is 4.74 Å². The van der Waals surface area contributed by atoms with Gasteiger partial charge in [-0.3, -0.25) is 4.79 Å². The summed E-state index contributed by atoms with van der Waals surface area (Å²) in [6, 6.07) is -0.270. The van der Waals surface area contributed by atoms with Crippen molar-refractivity contribution in [3.8, 4) is 0 Å². The van der Waals surface area contributed by atoms with E-state index in [0.29, 0.717) is 23.4 Å². The second kappa shape index (κ2) is 10.1. The molecule has 0 bridgehead atoms. The molecule has 2 N–H and O–H groups in total. The number of amides is 1. The van der Waals surface area contributed by atoms with Gasteiger partial charge < -0.3 is 20.3 Å². The van der Waals surface area contributed by atoms with Gasteiger partial charge in [0, 0.05) is 46.9 Å². The molecule has 0 aromatic rings. The van der Waals surface area contributed by atoms with Crippen LogP contribution in [0.4, 0.5) is 13.2 Å². The standard InChI is InChI=1S/C14H26F3N5O4S/c1-21(2)12(23)10-19-13(18-6-9-26-3)20-11-4-7-22(8-5-11)27(24,25)14(15,16)17/h11H,4-10H2,1-3H3,(H2,18,19,20). The van der Waals surface area contributed by atoms with Gasteiger partial charge >= 0.3 is 15.5 Å². The number of carbonyl (C=O) groups is 1. The summed E-state index contributed by atoms with van der Waals surface area (Å²) in [4.78, 5) is 17.2. The number of likely N-dealkylation sites (N-methyl/N-ethyl adjacent to an activating group) is 1. The molecular weight excluding hydrogens is 391 g/mol. The van der Waals surface area contributed by atoms with Gasteiger partial charge in [0.2, 0.25) is 5.91 Å². The number of halogens is 3. The van der Waals surface area contributed by atoms with Crippen LogP contribution in [0.5, 0.6) is 0 Å². The van der Waals surface area contributed by atoms with Crippen molar-refractivity contribution in [1.29, 1.82) is 0 Å². The second-order valence-corrected chi connectivity index (χ2v) is 8.07. The van der Waals surface area contributed by atoms with Crippen LogP contribution in [0.15, 0.2) is 4.99 Å². The van der Waals surface area contributed by atoms with Crippen molar-refractivity contribution >= 4 is 21.9 Å². The van der Waals surface area contributed by atoms with Crippen LogP contribution in [-0.2, 0) is 19.6 Å². The van der Waals surface area contributed by atoms with Gasteiger partial charge in [0.05, 0.1) is 6.61 Å². The first-order valence-electron chi connectivity index (χ1n) is 8.29. The lowest BCUT2D eigenvalue weighted by molar-refractivity contribution is -0.127. The van der Waals surface area contributed by atoms with Crippen LogP contribution in [0, 0.1) is 0 Å². The highest BCUT2D eigenvalue weighted by molar-refractivity contribution is 7.90. The maximum Gasteiger partial charge on any atom is 0.511 e. The van der Waals surface area contributed by atoms with Crippen molar-refractivity contribution in [2.24, 2.45) is 4.99 Å². The van der Waals surface area contributed by atoms with Gasteiger partial charge in [-0.2, -0.15) is 17.5 Å². The van der Waals surface area contributed by atoms with Crippen LogP contribution in [0.2, 0.25) is 0 Å². The van der Waals surface area contributed by atoms with Gasteiger partial charge in [0.1, 0.15) is 6.54 Å². The first-order valence-corrected chi connectivity index (χ1v) is 9.73. The summed E-state index contributed by atoms with van der Waals surface area (Å²) in [7, 11) is -0.586. The maximum absolute atomic E-state index is 12.6. The molecule has 0 unspecified atom stereocenters. The fraction of sp³-hybridized carbons (Fsp3) is 0.857. The molecule has 9 nitrogen and oxygen atoms in total. The highest BCUT2D eigenvalue weighted by atomic mass is 32.2. The molecule has 0 aromatic carbocycles. The molecule has 0 atom stereocenters. The number of piperidine rings is 1. The normalized spacial score (nSPS) is 17.6. The van der Waals surface area contributed by atoms with Crippen LogP contribution >= 0.6 is 0 Å². The molecule has 158 valence electrons. The predicted molar refractivity (Wildman–Crippen MR) is 93.6 cm³/mol. The number of nitrogens with one attached hydrogen (secondary N) is 2. The van der Waals surface area contributed by atoms with Crippen molar-refractivity contribution in [2.75, 3.05) is 54.0 Å². The molecular formula is C14H26F3N5O4S. The van der Waals surface area contributed by atoms with Crippen LogP contribution in [-0.4, -0.2) is 95.0 Å². The van der Waals surface area contributed by atoms with Crippen molar-refractivity contribution in [3.63, 3.8) is 0 Å². The van der Waals surface area contributed by atoms with Crippen LogP contribution < -0.4 is 10.6 Å². The maximum atomic E-state index is 12.6. The van der Waals surface area contributed by atoms with Crippen LogP contribution in [0.1, 0.15) is 12.8 Å². The zero-order valence-electron chi connectivity index (χ0n) is 15.5. The quantitative estimate of drug-likeness (QED) is 0.331. The Morgan fingerprint density at radius 1 is 1.30 bits per heavy atom. The number of hydrogen-bond donors (Lipinski definition) is 2. The van der Waals surface area contributed by atoms with E-state index in [9.17, 15) is 26.4 Å². The summed E-state index contributed by atoms with van der Waals surface area (Å²) < 4.78 is 66.1. The average molecular weight is 417 g/mol. The first kappa shape index (κ1) is 23.4. The smallest absolute Gasteiger partial charge is 0.383 e. The Labute approximate surface area is 157 Å². The number of sulfonamides is 1. The number of rotatable bonds is 7. The predicted octanol–water partition coefficient (Wildman–Crippen LogP) is -0.430. The van der Waals surface area contributed by atoms with Gasteiger partial charge in [0.15, 0.2) is 5.96 Å². The molecule has 0 saturated carbocycles. The number of alkyl halides is 3. The topological polar surface area (TPSA) is 103 Å². The van der Waals surface area contributed by atoms with Gasteiger partial charge in [0.25, 0.3) is 0 Å². The Hall–Kier alpha value is -1.60. The summed E-state index contributed by atoms with van der Waals surface area (Å²) in [5.74, 6) is 0.105. The summed E-state index contributed by atoms with van der Waals surface area (Å²) in [6.45, 7) is 0.212. The number of methoxy groups -OCH3 is 1. The molecule has 0 aromatic heterocycles. The Bertz CT molecular complexity index is 617. The zero-order valence-corrected chi connectivity index (χ0v) is 16.4. The van der Waals surface area contributed by atoms with E-state index < -0.39 is 15.5 Å². The van der Waals surface area contributed by atoms with Gasteiger partial charge in [-0.05, 0) is 12.8 Å². The molecule has 13 heteroatoms. The lowest BCUT2D eigenvalue weighted by Gasteiger charge is -2.32. The van der Waals surface area contributed by atoms with E-state index in [1.165, 1.54) is 12.0 Å². The minimum atomic E-state index is -5.31. The molecule has 1 rings (SSSR count). The molecule has 1 heterocycles. The number of nitrogens with zero attached hydrogens (tertiary/aromatic N) is 3. The SMILES string of the molecule is COCCNC(=NCC(=O)N(C)C)NC1CCN(S(=O)(=O)C(F)(F)F)CC1. The molecule has 0 aliphatic carbocycles. The van der Waals surface area contributed by atoms with Crippen molar-refractivity contribution < 1.29 is 31.1 Å². The minimum Gasteiger partial charge on any atom is -0.383 e. The number of carbonyl (C=O) groups excluding carboxylic acids is 1. The van der Waals surface area contributed by atoms with Crippen molar-refractivity contribution in [3.05, 3.63) is 0 Å². The summed E-state index contributed by atoms with van der Waals surface area (Å²) >= 11 is 0. The van der Waals surface area contributed by atoms with Crippen molar-refractivity contribution in [2.45, 2.75) is 24.4 Å². The van der Waals surface area contributed by atoms with Crippen LogP contribution in [0.3, 0.4) is 0 Å². The highest BCUT2D eigenvalue weighted by Gasteiger charge is 2.50. The molecule has 1 amide bonds. The van der Waals surface area contributed by atoms with E-state index in [0.717, 1.165) is 0 Å². The number of ether oxygens (including phenoxy) is 1. The molecule has 1 aliphatic heterocycles. The van der Waals surface area contributed by atoms with E-state index in [2.05, 4.69) is 15.6 Å². The lowest BCUT2D eigenvalue weighted by Crippen LogP contribution is -2.52. The Morgan fingerprint density at radius 2 is 1.89 bits per heavy atom. The van der Waals surface area contributed by atoms with Crippen molar-refractivity contribution in [1.82, 2.24) is 19.8 Å². The van der Waals surface area contributed by atoms with Crippen LogP contribution in [0.25, 0.3) is 0 Å². The molecule has 1 aliphatic rings. The number of hydrogen-bond acceptors (Lipinski definition) is 5. The molecule has 0 spiro atoms. The second-order valence-electron chi connectivity index (χ2n) is 6.14. The largest absolute Gasteiger partial charge is 0.511 e. The highest BCUT2D eigenvalue weighted by Crippen LogP contribution is 2.28. The third-order valence-corrected chi connectivity index (χ3v) is 5.53. The van der Waals surface area contributed by atoms with E-state index >= 15 is 0 Å². The van der Waals surface area contributed by atoms with E-state index in [1.807, 2.05) is 0 Å². The van der Waals surface area contributed by atoms with Gasteiger partial charge in [-0.1, -0.05) is 0 Å². The summed E-state index contributed by atoms with van der Waals surface area (Å²) in [5.41, 5.74) is -5.30. The zero-order chi connectivity index (χ0) is 20.7. The molecule has 27 heavy (non-hydrogen) atoms. The van der Waals surface area contributed by atoms with Gasteiger partial charge in [-0.15, -0.1) is 0 Å². The third-order valence-electron chi connectivity index (χ3n) is 3.90. The Balaban J connectivity index is 2.67. The summed E-state index contributed by atoms with van der Waals surface area (Å²) in [6.07, 6.45) is 0.365. The Morgan fingerprint density at radius 3 is 2.37 bits per heavy atom. The fourth-order valence-electron chi connectivity index (χ4n) is 2.29. The van der Waals surface area contributed by atoms with E-state index in [1.54, 1.807) is 14.1 Å². The minimum absolute atomic E-state index is 0.101.